The number of nitrogens with zero attached hydrogens (tertiary/aromatic N) is 1. The van der Waals surface area contributed by atoms with Crippen LogP contribution in [0.2, 0.25) is 5.02 Å². The summed E-state index contributed by atoms with van der Waals surface area (Å²) in [6.07, 6.45) is 3.83. The highest BCUT2D eigenvalue weighted by molar-refractivity contribution is 9.08. The first kappa shape index (κ1) is 14.2. The van der Waals surface area contributed by atoms with Crippen LogP contribution in [0.15, 0.2) is 18.2 Å². The number of alkyl halides is 1. The molecule has 0 radical (unpaired) electrons. The fourth-order valence-electron chi connectivity index (χ4n) is 2.62. The van der Waals surface area contributed by atoms with Crippen LogP contribution in [0.25, 0.3) is 0 Å². The fourth-order valence-corrected chi connectivity index (χ4v) is 3.60. The molecule has 2 rings (SSSR count). The molecule has 0 saturated carbocycles. The molecule has 1 saturated heterocycles. The van der Waals surface area contributed by atoms with E-state index in [2.05, 4.69) is 46.8 Å². The Morgan fingerprint density at radius 3 is 2.56 bits per heavy atom. The van der Waals surface area contributed by atoms with Crippen LogP contribution >= 0.6 is 27.5 Å². The van der Waals surface area contributed by atoms with Crippen LogP contribution in [0.5, 0.6) is 0 Å². The zero-order valence-corrected chi connectivity index (χ0v) is 13.5. The number of piperidine rings is 1. The second kappa shape index (κ2) is 5.83. The standard InChI is InChI=1S/C15H21BrClN/c1-3-15(2)7-9-18(10-8-15)14-6-4-5-13(17)12(14)11-16/h4-6H,3,7-11H2,1-2H3. The Morgan fingerprint density at radius 2 is 2.00 bits per heavy atom. The number of hydrogen-bond acceptors (Lipinski definition) is 1. The molecule has 1 fully saturated rings. The minimum Gasteiger partial charge on any atom is -0.371 e. The van der Waals surface area contributed by atoms with Crippen LogP contribution < -0.4 is 4.90 Å². The van der Waals surface area contributed by atoms with Gasteiger partial charge >= 0.3 is 0 Å². The number of halogens is 2. The van der Waals surface area contributed by atoms with Crippen molar-refractivity contribution in [1.29, 1.82) is 0 Å². The van der Waals surface area contributed by atoms with E-state index in [1.54, 1.807) is 0 Å². The van der Waals surface area contributed by atoms with Crippen molar-refractivity contribution in [3.63, 3.8) is 0 Å². The predicted octanol–water partition coefficient (Wildman–Crippen LogP) is 5.25. The van der Waals surface area contributed by atoms with E-state index in [9.17, 15) is 0 Å². The highest BCUT2D eigenvalue weighted by Crippen LogP contribution is 2.38. The third-order valence-electron chi connectivity index (χ3n) is 4.39. The molecule has 1 nitrogen and oxygen atoms in total. The van der Waals surface area contributed by atoms with Gasteiger partial charge in [0.05, 0.1) is 0 Å². The second-order valence-electron chi connectivity index (χ2n) is 5.52. The van der Waals surface area contributed by atoms with E-state index in [1.807, 2.05) is 6.07 Å². The molecule has 0 amide bonds. The average molecular weight is 331 g/mol. The van der Waals surface area contributed by atoms with Crippen LogP contribution in [0.4, 0.5) is 5.69 Å². The van der Waals surface area contributed by atoms with E-state index in [4.69, 9.17) is 11.6 Å². The Hall–Kier alpha value is -0.210. The Labute approximate surface area is 124 Å². The first-order valence-electron chi connectivity index (χ1n) is 6.68. The van der Waals surface area contributed by atoms with Crippen molar-refractivity contribution in [3.05, 3.63) is 28.8 Å². The van der Waals surface area contributed by atoms with E-state index in [0.29, 0.717) is 5.41 Å². The van der Waals surface area contributed by atoms with Gasteiger partial charge in [0.2, 0.25) is 0 Å². The van der Waals surface area contributed by atoms with Crippen molar-refractivity contribution in [3.8, 4) is 0 Å². The maximum atomic E-state index is 6.28. The summed E-state index contributed by atoms with van der Waals surface area (Å²) in [6, 6.07) is 6.22. The first-order chi connectivity index (χ1) is 8.59. The Morgan fingerprint density at radius 1 is 1.33 bits per heavy atom. The molecule has 1 aromatic carbocycles. The summed E-state index contributed by atoms with van der Waals surface area (Å²) < 4.78 is 0. The average Bonchev–Trinajstić information content (AvgIpc) is 2.39. The lowest BCUT2D eigenvalue weighted by Crippen LogP contribution is -2.38. The minimum absolute atomic E-state index is 0.531. The van der Waals surface area contributed by atoms with E-state index in [0.717, 1.165) is 23.4 Å². The van der Waals surface area contributed by atoms with Gasteiger partial charge in [-0.25, -0.2) is 0 Å². The molecule has 1 aliphatic heterocycles. The number of hydrogen-bond donors (Lipinski definition) is 0. The van der Waals surface area contributed by atoms with Crippen molar-refractivity contribution in [2.75, 3.05) is 18.0 Å². The Bertz CT molecular complexity index is 411. The molecule has 0 atom stereocenters. The monoisotopic (exact) mass is 329 g/mol. The molecule has 1 aliphatic rings. The van der Waals surface area contributed by atoms with Crippen LogP contribution in [-0.2, 0) is 5.33 Å². The summed E-state index contributed by atoms with van der Waals surface area (Å²) in [7, 11) is 0. The van der Waals surface area contributed by atoms with Gasteiger partial charge in [-0.2, -0.15) is 0 Å². The van der Waals surface area contributed by atoms with E-state index in [1.165, 1.54) is 30.5 Å². The van der Waals surface area contributed by atoms with Crippen LogP contribution in [0.1, 0.15) is 38.7 Å². The zero-order valence-electron chi connectivity index (χ0n) is 11.2. The number of rotatable bonds is 3. The van der Waals surface area contributed by atoms with Gasteiger partial charge in [0.1, 0.15) is 0 Å². The summed E-state index contributed by atoms with van der Waals surface area (Å²) in [5, 5.41) is 1.69. The van der Waals surface area contributed by atoms with Crippen molar-refractivity contribution >= 4 is 33.2 Å². The molecular formula is C15H21BrClN. The van der Waals surface area contributed by atoms with E-state index >= 15 is 0 Å². The third-order valence-corrected chi connectivity index (χ3v) is 5.31. The molecule has 1 aromatic rings. The predicted molar refractivity (Wildman–Crippen MR) is 83.9 cm³/mol. The van der Waals surface area contributed by atoms with Gasteiger partial charge in [0.15, 0.2) is 0 Å². The smallest absolute Gasteiger partial charge is 0.0467 e. The summed E-state index contributed by atoms with van der Waals surface area (Å²) in [5.74, 6) is 0. The van der Waals surface area contributed by atoms with E-state index < -0.39 is 0 Å². The van der Waals surface area contributed by atoms with Crippen molar-refractivity contribution in [2.45, 2.75) is 38.4 Å². The van der Waals surface area contributed by atoms with Gasteiger partial charge in [-0.15, -0.1) is 0 Å². The maximum absolute atomic E-state index is 6.28. The van der Waals surface area contributed by atoms with Crippen LogP contribution in [0, 0.1) is 5.41 Å². The van der Waals surface area contributed by atoms with Gasteiger partial charge in [0, 0.05) is 34.7 Å². The molecule has 3 heteroatoms. The molecule has 0 aromatic heterocycles. The van der Waals surface area contributed by atoms with Gasteiger partial charge in [-0.05, 0) is 30.4 Å². The first-order valence-corrected chi connectivity index (χ1v) is 8.18. The topological polar surface area (TPSA) is 3.24 Å². The van der Waals surface area contributed by atoms with Crippen LogP contribution in [0.3, 0.4) is 0 Å². The molecule has 1 heterocycles. The van der Waals surface area contributed by atoms with E-state index in [-0.39, 0.29) is 0 Å². The minimum atomic E-state index is 0.531. The summed E-state index contributed by atoms with van der Waals surface area (Å²) >= 11 is 9.83. The molecule has 18 heavy (non-hydrogen) atoms. The van der Waals surface area contributed by atoms with Crippen molar-refractivity contribution < 1.29 is 0 Å². The molecule has 0 bridgehead atoms. The lowest BCUT2D eigenvalue weighted by atomic mass is 9.78. The highest BCUT2D eigenvalue weighted by Gasteiger charge is 2.29. The van der Waals surface area contributed by atoms with Gasteiger partial charge < -0.3 is 4.90 Å². The molecule has 0 unspecified atom stereocenters. The largest absolute Gasteiger partial charge is 0.371 e. The van der Waals surface area contributed by atoms with Gasteiger partial charge in [-0.1, -0.05) is 53.9 Å². The second-order valence-corrected chi connectivity index (χ2v) is 6.49. The SMILES string of the molecule is CCC1(C)CCN(c2cccc(Cl)c2CBr)CC1. The van der Waals surface area contributed by atoms with Gasteiger partial charge in [0.25, 0.3) is 0 Å². The Balaban J connectivity index is 2.17. The van der Waals surface area contributed by atoms with Crippen molar-refractivity contribution in [1.82, 2.24) is 0 Å². The fraction of sp³-hybridized carbons (Fsp3) is 0.600. The summed E-state index contributed by atoms with van der Waals surface area (Å²) in [6.45, 7) is 7.00. The lowest BCUT2D eigenvalue weighted by molar-refractivity contribution is 0.238. The highest BCUT2D eigenvalue weighted by atomic mass is 79.9. The summed E-state index contributed by atoms with van der Waals surface area (Å²) in [4.78, 5) is 2.49. The molecule has 0 spiro atoms. The number of anilines is 1. The quantitative estimate of drug-likeness (QED) is 0.684. The van der Waals surface area contributed by atoms with Crippen LogP contribution in [-0.4, -0.2) is 13.1 Å². The zero-order chi connectivity index (χ0) is 13.2. The normalized spacial score (nSPS) is 19.0. The third kappa shape index (κ3) is 2.85. The Kier molecular flexibility index (Phi) is 4.60. The molecule has 0 N–H and O–H groups in total. The molecule has 100 valence electrons. The number of benzene rings is 1. The summed E-state index contributed by atoms with van der Waals surface area (Å²) in [5.41, 5.74) is 3.06. The molecular weight excluding hydrogens is 310 g/mol. The maximum Gasteiger partial charge on any atom is 0.0467 e. The van der Waals surface area contributed by atoms with Gasteiger partial charge in [-0.3, -0.25) is 0 Å². The van der Waals surface area contributed by atoms with Crippen molar-refractivity contribution in [2.24, 2.45) is 5.41 Å². The lowest BCUT2D eigenvalue weighted by Gasteiger charge is -2.40. The molecule has 0 aliphatic carbocycles.